The van der Waals surface area contributed by atoms with E-state index in [2.05, 4.69) is 14.8 Å². The van der Waals surface area contributed by atoms with E-state index in [1.807, 2.05) is 37.4 Å². The second-order valence-electron chi connectivity index (χ2n) is 8.94. The molecule has 1 amide bonds. The van der Waals surface area contributed by atoms with Gasteiger partial charge in [0, 0.05) is 35.8 Å². The van der Waals surface area contributed by atoms with E-state index < -0.39 is 11.8 Å². The van der Waals surface area contributed by atoms with Crippen molar-refractivity contribution < 1.29 is 18.7 Å². The standard InChI is InChI=1S/C31H25FN4O3/c1-35-29-12-11-23(15-26(29)18-34-35)24-9-10-25(28(32)16-24)20-36(31(38)22-6-4-3-5-7-22)27-14-21(17-33-19-27)8-13-30(37)39-2/h3-19H,20H2,1-2H3/b13-8+. The van der Waals surface area contributed by atoms with Gasteiger partial charge < -0.3 is 9.64 Å². The molecule has 0 spiro atoms. The summed E-state index contributed by atoms with van der Waals surface area (Å²) in [7, 11) is 3.16. The number of fused-ring (bicyclic) bond motifs is 1. The maximum absolute atomic E-state index is 15.5. The number of aromatic nitrogens is 3. The smallest absolute Gasteiger partial charge is 0.330 e. The fourth-order valence-corrected chi connectivity index (χ4v) is 4.30. The number of pyridine rings is 1. The molecule has 0 radical (unpaired) electrons. The van der Waals surface area contributed by atoms with Gasteiger partial charge in [-0.05, 0) is 59.2 Å². The van der Waals surface area contributed by atoms with Crippen LogP contribution < -0.4 is 4.90 Å². The Bertz CT molecular complexity index is 1700. The van der Waals surface area contributed by atoms with Gasteiger partial charge in [0.15, 0.2) is 0 Å². The number of methoxy groups -OCH3 is 1. The average molecular weight is 521 g/mol. The minimum Gasteiger partial charge on any atom is -0.466 e. The van der Waals surface area contributed by atoms with E-state index in [1.54, 1.807) is 59.5 Å². The maximum atomic E-state index is 15.5. The molecule has 194 valence electrons. The second kappa shape index (κ2) is 11.1. The van der Waals surface area contributed by atoms with Gasteiger partial charge in [0.1, 0.15) is 5.82 Å². The fourth-order valence-electron chi connectivity index (χ4n) is 4.30. The number of halogens is 1. The molecular formula is C31H25FN4O3. The van der Waals surface area contributed by atoms with Gasteiger partial charge >= 0.3 is 5.97 Å². The van der Waals surface area contributed by atoms with Gasteiger partial charge in [-0.2, -0.15) is 5.10 Å². The minimum absolute atomic E-state index is 0.0205. The van der Waals surface area contributed by atoms with Crippen molar-refractivity contribution in [1.82, 2.24) is 14.8 Å². The highest BCUT2D eigenvalue weighted by molar-refractivity contribution is 6.06. The van der Waals surface area contributed by atoms with E-state index in [-0.39, 0.29) is 12.5 Å². The number of amides is 1. The molecule has 0 saturated heterocycles. The van der Waals surface area contributed by atoms with Crippen LogP contribution in [0, 0.1) is 5.82 Å². The SMILES string of the molecule is COC(=O)/C=C/c1cncc(N(Cc2ccc(-c3ccc4c(cnn4C)c3)cc2F)C(=O)c2ccccc2)c1. The number of carbonyl (C=O) groups excluding carboxylic acids is 2. The first-order valence-corrected chi connectivity index (χ1v) is 12.2. The minimum atomic E-state index is -0.512. The van der Waals surface area contributed by atoms with Crippen LogP contribution >= 0.6 is 0 Å². The molecule has 5 aromatic rings. The van der Waals surface area contributed by atoms with E-state index in [0.29, 0.717) is 22.4 Å². The summed E-state index contributed by atoms with van der Waals surface area (Å²) in [6, 6.07) is 21.4. The lowest BCUT2D eigenvalue weighted by atomic mass is 10.0. The molecule has 8 heteroatoms. The normalized spacial score (nSPS) is 11.2. The molecule has 0 saturated carbocycles. The number of esters is 1. The molecule has 39 heavy (non-hydrogen) atoms. The summed E-state index contributed by atoms with van der Waals surface area (Å²) in [5, 5.41) is 5.23. The zero-order valence-corrected chi connectivity index (χ0v) is 21.4. The number of benzene rings is 3. The molecule has 7 nitrogen and oxygen atoms in total. The van der Waals surface area contributed by atoms with E-state index in [4.69, 9.17) is 0 Å². The largest absolute Gasteiger partial charge is 0.466 e. The number of hydrogen-bond donors (Lipinski definition) is 0. The summed E-state index contributed by atoms with van der Waals surface area (Å²) in [5.41, 5.74) is 4.43. The number of nitrogens with zero attached hydrogens (tertiary/aromatic N) is 4. The van der Waals surface area contributed by atoms with Gasteiger partial charge in [-0.25, -0.2) is 9.18 Å². The predicted molar refractivity (Wildman–Crippen MR) is 148 cm³/mol. The molecular weight excluding hydrogens is 495 g/mol. The quantitative estimate of drug-likeness (QED) is 0.200. The summed E-state index contributed by atoms with van der Waals surface area (Å²) in [6.07, 6.45) is 7.68. The van der Waals surface area contributed by atoms with Crippen molar-refractivity contribution in [2.45, 2.75) is 6.54 Å². The Kier molecular flexibility index (Phi) is 7.27. The predicted octanol–water partition coefficient (Wildman–Crippen LogP) is 5.81. The Morgan fingerprint density at radius 1 is 0.974 bits per heavy atom. The second-order valence-corrected chi connectivity index (χ2v) is 8.94. The third-order valence-electron chi connectivity index (χ3n) is 6.40. The molecule has 0 bridgehead atoms. The lowest BCUT2D eigenvalue weighted by molar-refractivity contribution is -0.134. The first-order chi connectivity index (χ1) is 18.9. The topological polar surface area (TPSA) is 77.3 Å². The van der Waals surface area contributed by atoms with Crippen LogP contribution in [0.4, 0.5) is 10.1 Å². The Hall–Kier alpha value is -5.11. The molecule has 0 N–H and O–H groups in total. The van der Waals surface area contributed by atoms with Crippen molar-refractivity contribution in [3.05, 3.63) is 120 Å². The lowest BCUT2D eigenvalue weighted by Gasteiger charge is -2.23. The van der Waals surface area contributed by atoms with E-state index in [9.17, 15) is 9.59 Å². The van der Waals surface area contributed by atoms with Crippen molar-refractivity contribution in [3.8, 4) is 11.1 Å². The number of anilines is 1. The third kappa shape index (κ3) is 5.60. The summed E-state index contributed by atoms with van der Waals surface area (Å²) in [6.45, 7) is -0.0205. The molecule has 2 heterocycles. The van der Waals surface area contributed by atoms with Gasteiger partial charge in [0.2, 0.25) is 0 Å². The molecule has 5 rings (SSSR count). The summed E-state index contributed by atoms with van der Waals surface area (Å²) in [4.78, 5) is 30.8. The Balaban J connectivity index is 1.48. The highest BCUT2D eigenvalue weighted by atomic mass is 19.1. The van der Waals surface area contributed by atoms with Crippen molar-refractivity contribution in [2.75, 3.05) is 12.0 Å². The van der Waals surface area contributed by atoms with Gasteiger partial charge in [-0.3, -0.25) is 14.5 Å². The lowest BCUT2D eigenvalue weighted by Crippen LogP contribution is -2.31. The van der Waals surface area contributed by atoms with Crippen molar-refractivity contribution >= 4 is 34.5 Å². The molecule has 0 aliphatic rings. The van der Waals surface area contributed by atoms with Crippen LogP contribution in [0.15, 0.2) is 97.5 Å². The zero-order chi connectivity index (χ0) is 27.4. The first kappa shape index (κ1) is 25.5. The third-order valence-corrected chi connectivity index (χ3v) is 6.40. The monoisotopic (exact) mass is 520 g/mol. The van der Waals surface area contributed by atoms with Gasteiger partial charge in [-0.1, -0.05) is 36.4 Å². The van der Waals surface area contributed by atoms with Crippen LogP contribution in [0.1, 0.15) is 21.5 Å². The molecule has 0 atom stereocenters. The summed E-state index contributed by atoms with van der Waals surface area (Å²) in [5.74, 6) is -1.25. The Labute approximate surface area is 224 Å². The first-order valence-electron chi connectivity index (χ1n) is 12.2. The Morgan fingerprint density at radius 3 is 2.51 bits per heavy atom. The average Bonchev–Trinajstić information content (AvgIpc) is 3.35. The molecule has 0 unspecified atom stereocenters. The summed E-state index contributed by atoms with van der Waals surface area (Å²) >= 11 is 0. The number of carbonyl (C=O) groups is 2. The molecule has 0 aliphatic heterocycles. The van der Waals surface area contributed by atoms with Crippen LogP contribution in [-0.4, -0.2) is 33.8 Å². The van der Waals surface area contributed by atoms with Gasteiger partial charge in [0.25, 0.3) is 5.91 Å². The number of aryl methyl sites for hydroxylation is 1. The van der Waals surface area contributed by atoms with Gasteiger partial charge in [-0.15, -0.1) is 0 Å². The molecule has 2 aromatic heterocycles. The highest BCUT2D eigenvalue weighted by Crippen LogP contribution is 2.28. The van der Waals surface area contributed by atoms with Crippen molar-refractivity contribution in [3.63, 3.8) is 0 Å². The molecule has 0 fully saturated rings. The number of rotatable bonds is 7. The summed E-state index contributed by atoms with van der Waals surface area (Å²) < 4.78 is 21.9. The van der Waals surface area contributed by atoms with Crippen molar-refractivity contribution in [1.29, 1.82) is 0 Å². The van der Waals surface area contributed by atoms with Crippen LogP contribution in [0.25, 0.3) is 28.1 Å². The highest BCUT2D eigenvalue weighted by Gasteiger charge is 2.21. The van der Waals surface area contributed by atoms with E-state index in [1.165, 1.54) is 30.3 Å². The number of ether oxygens (including phenoxy) is 1. The number of hydrogen-bond acceptors (Lipinski definition) is 5. The van der Waals surface area contributed by atoms with Crippen LogP contribution in [-0.2, 0) is 23.1 Å². The van der Waals surface area contributed by atoms with Crippen LogP contribution in [0.2, 0.25) is 0 Å². The van der Waals surface area contributed by atoms with Gasteiger partial charge in [0.05, 0.1) is 37.3 Å². The van der Waals surface area contributed by atoms with Crippen LogP contribution in [0.3, 0.4) is 0 Å². The van der Waals surface area contributed by atoms with Crippen molar-refractivity contribution in [2.24, 2.45) is 7.05 Å². The molecule has 0 aliphatic carbocycles. The zero-order valence-electron chi connectivity index (χ0n) is 21.4. The fraction of sp³-hybridized carbons (Fsp3) is 0.0968. The Morgan fingerprint density at radius 2 is 1.74 bits per heavy atom. The van der Waals surface area contributed by atoms with E-state index >= 15 is 4.39 Å². The van der Waals surface area contributed by atoms with Crippen LogP contribution in [0.5, 0.6) is 0 Å². The van der Waals surface area contributed by atoms with E-state index in [0.717, 1.165) is 22.0 Å². The maximum Gasteiger partial charge on any atom is 0.330 e. The molecule has 3 aromatic carbocycles.